The van der Waals surface area contributed by atoms with Gasteiger partial charge in [0, 0.05) is 5.75 Å². The van der Waals surface area contributed by atoms with Gasteiger partial charge in [0.05, 0.1) is 31.1 Å². The van der Waals surface area contributed by atoms with Crippen molar-refractivity contribution in [2.24, 2.45) is 10.9 Å². The number of nitrogens with two attached hydrogens (primary N) is 1. The lowest BCUT2D eigenvalue weighted by atomic mass is 9.99. The van der Waals surface area contributed by atoms with Crippen LogP contribution in [0.2, 0.25) is 0 Å². The first-order valence-corrected chi connectivity index (χ1v) is 17.3. The molecule has 16 nitrogen and oxygen atoms in total. The van der Waals surface area contributed by atoms with Crippen molar-refractivity contribution < 1.29 is 63.4 Å². The molecule has 7 N–H and O–H groups in total. The Morgan fingerprint density at radius 3 is 2.40 bits per heavy atom. The SMILES string of the molecule is CSC/C=C(\C)CC/C=C(\C)CC/C(C)=N/OCCOCCONC(=O)c1cc(COC(N)=O)ccc1O[C@@H]1O[C@H](C(=O)O)[C@@H](O)[C@H](O)[C@H]1O. The fourth-order valence-electron chi connectivity index (χ4n) is 4.40. The van der Waals surface area contributed by atoms with E-state index in [2.05, 4.69) is 42.9 Å². The van der Waals surface area contributed by atoms with E-state index in [0.29, 0.717) is 5.56 Å². The van der Waals surface area contributed by atoms with Gasteiger partial charge in [-0.05, 0) is 70.4 Å². The molecule has 1 aliphatic heterocycles. The Morgan fingerprint density at radius 2 is 1.70 bits per heavy atom. The highest BCUT2D eigenvalue weighted by atomic mass is 32.2. The number of carboxylic acids is 1. The van der Waals surface area contributed by atoms with Crippen LogP contribution in [0, 0.1) is 0 Å². The maximum absolute atomic E-state index is 13.0. The van der Waals surface area contributed by atoms with Crippen molar-refractivity contribution in [3.8, 4) is 5.75 Å². The quantitative estimate of drug-likeness (QED) is 0.0436. The highest BCUT2D eigenvalue weighted by Gasteiger charge is 2.48. The Morgan fingerprint density at radius 1 is 0.980 bits per heavy atom. The van der Waals surface area contributed by atoms with E-state index in [-0.39, 0.29) is 44.3 Å². The summed E-state index contributed by atoms with van der Waals surface area (Å²) in [5, 5.41) is 43.8. The third-order valence-corrected chi connectivity index (χ3v) is 7.77. The van der Waals surface area contributed by atoms with Crippen LogP contribution in [-0.4, -0.2) is 113 Å². The van der Waals surface area contributed by atoms with E-state index >= 15 is 0 Å². The fraction of sp³-hybridized carbons (Fsp3) is 0.576. The highest BCUT2D eigenvalue weighted by Crippen LogP contribution is 2.28. The first-order chi connectivity index (χ1) is 23.8. The number of carboxylic acid groups (broad SMARTS) is 1. The van der Waals surface area contributed by atoms with E-state index in [4.69, 9.17) is 34.4 Å². The Kier molecular flexibility index (Phi) is 19.4. The van der Waals surface area contributed by atoms with Crippen molar-refractivity contribution in [3.63, 3.8) is 0 Å². The van der Waals surface area contributed by atoms with Crippen LogP contribution < -0.4 is 16.0 Å². The van der Waals surface area contributed by atoms with Gasteiger partial charge in [0.2, 0.25) is 6.29 Å². The zero-order valence-corrected chi connectivity index (χ0v) is 29.6. The average Bonchev–Trinajstić information content (AvgIpc) is 3.08. The molecule has 17 heteroatoms. The van der Waals surface area contributed by atoms with E-state index in [1.54, 1.807) is 0 Å². The van der Waals surface area contributed by atoms with E-state index < -0.39 is 48.7 Å². The fourth-order valence-corrected chi connectivity index (χ4v) is 4.85. The molecule has 0 radical (unpaired) electrons. The number of hydrogen-bond donors (Lipinski definition) is 6. The molecule has 1 fully saturated rings. The second-order valence-corrected chi connectivity index (χ2v) is 12.3. The molecule has 1 aromatic carbocycles. The number of aliphatic hydroxyl groups excluding tert-OH is 3. The highest BCUT2D eigenvalue weighted by molar-refractivity contribution is 7.98. The van der Waals surface area contributed by atoms with Crippen LogP contribution in [0.1, 0.15) is 62.4 Å². The number of benzene rings is 1. The van der Waals surface area contributed by atoms with Crippen LogP contribution in [-0.2, 0) is 35.3 Å². The average molecular weight is 728 g/mol. The van der Waals surface area contributed by atoms with E-state index in [0.717, 1.165) is 37.1 Å². The second kappa shape index (κ2) is 22.9. The van der Waals surface area contributed by atoms with Gasteiger partial charge in [-0.1, -0.05) is 34.5 Å². The van der Waals surface area contributed by atoms with Crippen molar-refractivity contribution in [1.82, 2.24) is 5.48 Å². The largest absolute Gasteiger partial charge is 0.479 e. The lowest BCUT2D eigenvalue weighted by Crippen LogP contribution is -2.61. The van der Waals surface area contributed by atoms with Gasteiger partial charge in [0.1, 0.15) is 37.3 Å². The molecule has 2 rings (SSSR count). The third kappa shape index (κ3) is 15.5. The number of hydrogen-bond acceptors (Lipinski definition) is 14. The monoisotopic (exact) mass is 727 g/mol. The topological polar surface area (TPSA) is 238 Å². The zero-order valence-electron chi connectivity index (χ0n) is 28.7. The summed E-state index contributed by atoms with van der Waals surface area (Å²) in [6.07, 6.45) is -0.0816. The Balaban J connectivity index is 1.80. The molecule has 2 amide bonds. The number of nitrogens with zero attached hydrogens (tertiary/aromatic N) is 1. The van der Waals surface area contributed by atoms with Gasteiger partial charge in [0.25, 0.3) is 5.91 Å². The molecule has 0 spiro atoms. The summed E-state index contributed by atoms with van der Waals surface area (Å²) in [6, 6.07) is 3.94. The predicted octanol–water partition coefficient (Wildman–Crippen LogP) is 2.44. The summed E-state index contributed by atoms with van der Waals surface area (Å²) in [7, 11) is 0. The van der Waals surface area contributed by atoms with Gasteiger partial charge >= 0.3 is 12.1 Å². The lowest BCUT2D eigenvalue weighted by Gasteiger charge is -2.38. The molecule has 50 heavy (non-hydrogen) atoms. The van der Waals surface area contributed by atoms with Crippen LogP contribution in [0.15, 0.2) is 46.7 Å². The number of aliphatic carboxylic acids is 1. The summed E-state index contributed by atoms with van der Waals surface area (Å²) in [5.41, 5.74) is 10.9. The molecule has 1 heterocycles. The van der Waals surface area contributed by atoms with Crippen molar-refractivity contribution in [3.05, 3.63) is 52.6 Å². The van der Waals surface area contributed by atoms with Crippen LogP contribution >= 0.6 is 11.8 Å². The normalized spacial score (nSPS) is 21.4. The molecule has 1 saturated heterocycles. The number of ether oxygens (including phenoxy) is 4. The molecular weight excluding hydrogens is 678 g/mol. The molecular formula is C33H49N3O13S. The van der Waals surface area contributed by atoms with E-state index in [1.807, 2.05) is 18.7 Å². The Hall–Kier alpha value is -3.71. The number of rotatable bonds is 22. The summed E-state index contributed by atoms with van der Waals surface area (Å²) < 4.78 is 20.9. The van der Waals surface area contributed by atoms with Gasteiger partial charge in [-0.3, -0.25) is 9.63 Å². The molecule has 0 unspecified atom stereocenters. The number of carbonyl (C=O) groups is 3. The minimum Gasteiger partial charge on any atom is -0.479 e. The number of oxime groups is 1. The first-order valence-electron chi connectivity index (χ1n) is 15.9. The van der Waals surface area contributed by atoms with Crippen LogP contribution in [0.4, 0.5) is 4.79 Å². The maximum Gasteiger partial charge on any atom is 0.404 e. The smallest absolute Gasteiger partial charge is 0.404 e. The van der Waals surface area contributed by atoms with Gasteiger partial charge in [-0.2, -0.15) is 11.8 Å². The first kappa shape index (κ1) is 42.5. The zero-order chi connectivity index (χ0) is 37.1. The number of amides is 2. The summed E-state index contributed by atoms with van der Waals surface area (Å²) in [5.74, 6) is -1.62. The number of aliphatic hydroxyl groups is 3. The second-order valence-electron chi connectivity index (χ2n) is 11.4. The van der Waals surface area contributed by atoms with Crippen molar-refractivity contribution in [2.45, 2.75) is 83.8 Å². The molecule has 5 atom stereocenters. The van der Waals surface area contributed by atoms with Crippen LogP contribution in [0.5, 0.6) is 5.75 Å². The van der Waals surface area contributed by atoms with Crippen molar-refractivity contribution in [2.75, 3.05) is 38.4 Å². The standard InChI is InChI=1S/C33H49N3O13S/c1-20(6-5-7-21(2)12-17-50-4)8-9-22(3)35-46-15-13-44-14-16-47-36-30(40)24-18-23(19-45-33(34)43)10-11-25(24)48-32-28(39)26(37)27(38)29(49-32)31(41)42/h6,10-12,18,26-29,32,37-39H,5,7-9,13-17,19H2,1-4H3,(H2,34,43)(H,36,40)(H,41,42)/b20-6+,21-12+,35-22+/t26-,27-,28+,29-,32+/m0/s1. The Bertz CT molecular complexity index is 1340. The van der Waals surface area contributed by atoms with Gasteiger partial charge in [-0.25, -0.2) is 15.1 Å². The summed E-state index contributed by atoms with van der Waals surface area (Å²) in [4.78, 5) is 46.0. The number of nitrogens with one attached hydrogen (secondary N) is 1. The van der Waals surface area contributed by atoms with Crippen molar-refractivity contribution in [1.29, 1.82) is 0 Å². The lowest BCUT2D eigenvalue weighted by molar-refractivity contribution is -0.271. The number of hydroxylamine groups is 1. The minimum atomic E-state index is -1.93. The van der Waals surface area contributed by atoms with Crippen LogP contribution in [0.3, 0.4) is 0 Å². The molecule has 1 aliphatic rings. The number of carbonyl (C=O) groups excluding carboxylic acids is 2. The van der Waals surface area contributed by atoms with Crippen LogP contribution in [0.25, 0.3) is 0 Å². The molecule has 1 aromatic rings. The molecule has 0 bridgehead atoms. The third-order valence-electron chi connectivity index (χ3n) is 7.27. The van der Waals surface area contributed by atoms with Gasteiger partial charge in [-0.15, -0.1) is 0 Å². The van der Waals surface area contributed by atoms with E-state index in [1.165, 1.54) is 29.3 Å². The molecule has 0 aromatic heterocycles. The number of primary amides is 1. The van der Waals surface area contributed by atoms with Gasteiger partial charge in [0.15, 0.2) is 6.10 Å². The van der Waals surface area contributed by atoms with Gasteiger partial charge < -0.3 is 49.9 Å². The van der Waals surface area contributed by atoms with E-state index in [9.17, 15) is 34.8 Å². The van der Waals surface area contributed by atoms with Crippen molar-refractivity contribution >= 4 is 35.4 Å². The predicted molar refractivity (Wildman–Crippen MR) is 183 cm³/mol. The molecule has 0 saturated carbocycles. The number of allylic oxidation sites excluding steroid dienone is 3. The number of thioether (sulfide) groups is 1. The molecule has 280 valence electrons. The molecule has 0 aliphatic carbocycles. The summed E-state index contributed by atoms with van der Waals surface area (Å²) >= 11 is 1.81. The summed E-state index contributed by atoms with van der Waals surface area (Å²) in [6.45, 7) is 6.37. The minimum absolute atomic E-state index is 0.0536. The Labute approximate surface area is 295 Å². The maximum atomic E-state index is 13.0.